The summed E-state index contributed by atoms with van der Waals surface area (Å²) in [4.78, 5) is 11.3. The maximum absolute atomic E-state index is 11.3. The summed E-state index contributed by atoms with van der Waals surface area (Å²) in [5, 5.41) is 4.46. The van der Waals surface area contributed by atoms with E-state index >= 15 is 0 Å². The van der Waals surface area contributed by atoms with Crippen LogP contribution < -0.4 is 0 Å². The van der Waals surface area contributed by atoms with Crippen molar-refractivity contribution in [3.63, 3.8) is 0 Å². The second-order valence-electron chi connectivity index (χ2n) is 3.97. The number of carbonyl (C=O) groups excluding carboxylic acids is 1. The normalized spacial score (nSPS) is 10.9. The lowest BCUT2D eigenvalue weighted by atomic mass is 9.97. The van der Waals surface area contributed by atoms with Gasteiger partial charge < -0.3 is 0 Å². The third-order valence-corrected chi connectivity index (χ3v) is 3.31. The first-order valence-corrected chi connectivity index (χ1v) is 5.74. The molecule has 3 aromatic carbocycles. The van der Waals surface area contributed by atoms with E-state index in [2.05, 4.69) is 6.07 Å². The highest BCUT2D eigenvalue weighted by Crippen LogP contribution is 2.31. The van der Waals surface area contributed by atoms with Crippen LogP contribution in [-0.4, -0.2) is 6.29 Å². The zero-order chi connectivity index (χ0) is 11.8. The molecule has 0 atom stereocenters. The van der Waals surface area contributed by atoms with Gasteiger partial charge in [-0.05, 0) is 28.3 Å². The molecule has 82 valence electrons. The zero-order valence-electron chi connectivity index (χ0n) is 8.98. The summed E-state index contributed by atoms with van der Waals surface area (Å²) >= 11 is 6.18. The summed E-state index contributed by atoms with van der Waals surface area (Å²) in [7, 11) is 0. The third kappa shape index (κ3) is 1.51. The molecule has 0 aliphatic carbocycles. The van der Waals surface area contributed by atoms with Crippen LogP contribution in [0.15, 0.2) is 48.5 Å². The Labute approximate surface area is 104 Å². The molecule has 17 heavy (non-hydrogen) atoms. The van der Waals surface area contributed by atoms with Gasteiger partial charge in [-0.25, -0.2) is 0 Å². The molecule has 0 fully saturated rings. The van der Waals surface area contributed by atoms with E-state index in [-0.39, 0.29) is 0 Å². The van der Waals surface area contributed by atoms with E-state index < -0.39 is 0 Å². The van der Waals surface area contributed by atoms with Gasteiger partial charge in [-0.15, -0.1) is 0 Å². The molecule has 0 aliphatic heterocycles. The quantitative estimate of drug-likeness (QED) is 0.453. The minimum absolute atomic E-state index is 0.621. The van der Waals surface area contributed by atoms with Crippen molar-refractivity contribution in [1.29, 1.82) is 0 Å². The van der Waals surface area contributed by atoms with Crippen molar-refractivity contribution in [2.45, 2.75) is 0 Å². The minimum atomic E-state index is 0.621. The van der Waals surface area contributed by atoms with Crippen LogP contribution in [0.2, 0.25) is 5.02 Å². The molecule has 0 heterocycles. The van der Waals surface area contributed by atoms with Gasteiger partial charge in [0.15, 0.2) is 6.29 Å². The van der Waals surface area contributed by atoms with Crippen LogP contribution in [0.5, 0.6) is 0 Å². The van der Waals surface area contributed by atoms with Gasteiger partial charge in [0.2, 0.25) is 0 Å². The standard InChI is InChI=1S/C15H9ClO/c16-14-7-3-5-11-8-10-4-1-2-6-12(10)13(9-17)15(11)14/h1-9H. The number of halogens is 1. The first-order chi connectivity index (χ1) is 8.31. The predicted molar refractivity (Wildman–Crippen MR) is 71.9 cm³/mol. The van der Waals surface area contributed by atoms with Gasteiger partial charge in [0.05, 0.1) is 0 Å². The Morgan fingerprint density at radius 2 is 1.71 bits per heavy atom. The van der Waals surface area contributed by atoms with Crippen molar-refractivity contribution < 1.29 is 4.79 Å². The maximum atomic E-state index is 11.3. The van der Waals surface area contributed by atoms with Crippen LogP contribution in [-0.2, 0) is 0 Å². The molecule has 0 unspecified atom stereocenters. The average Bonchev–Trinajstić information content (AvgIpc) is 2.36. The van der Waals surface area contributed by atoms with Gasteiger partial charge >= 0.3 is 0 Å². The molecule has 1 nitrogen and oxygen atoms in total. The highest BCUT2D eigenvalue weighted by atomic mass is 35.5. The number of aldehydes is 1. The molecule has 0 aliphatic rings. The summed E-state index contributed by atoms with van der Waals surface area (Å²) in [6, 6.07) is 15.6. The Morgan fingerprint density at radius 3 is 2.53 bits per heavy atom. The van der Waals surface area contributed by atoms with Crippen molar-refractivity contribution in [1.82, 2.24) is 0 Å². The van der Waals surface area contributed by atoms with Gasteiger partial charge in [0.25, 0.3) is 0 Å². The van der Waals surface area contributed by atoms with Gasteiger partial charge in [-0.2, -0.15) is 0 Å². The molecule has 0 spiro atoms. The Kier molecular flexibility index (Phi) is 2.34. The van der Waals surface area contributed by atoms with Gasteiger partial charge in [0.1, 0.15) is 0 Å². The minimum Gasteiger partial charge on any atom is -0.298 e. The number of fused-ring (bicyclic) bond motifs is 2. The average molecular weight is 241 g/mol. The van der Waals surface area contributed by atoms with Crippen molar-refractivity contribution in [3.8, 4) is 0 Å². The maximum Gasteiger partial charge on any atom is 0.151 e. The Bertz CT molecular complexity index is 731. The molecule has 0 radical (unpaired) electrons. The summed E-state index contributed by atoms with van der Waals surface area (Å²) in [6.45, 7) is 0. The Morgan fingerprint density at radius 1 is 0.941 bits per heavy atom. The van der Waals surface area contributed by atoms with Crippen molar-refractivity contribution in [3.05, 3.63) is 59.1 Å². The number of rotatable bonds is 1. The summed E-state index contributed by atoms with van der Waals surface area (Å²) in [5.74, 6) is 0. The highest BCUT2D eigenvalue weighted by Gasteiger charge is 2.08. The number of benzene rings is 3. The molecule has 3 rings (SSSR count). The molecule has 3 aromatic rings. The molecule has 0 N–H and O–H groups in total. The number of hydrogen-bond acceptors (Lipinski definition) is 1. The Hall–Kier alpha value is -1.86. The van der Waals surface area contributed by atoms with E-state index in [1.54, 1.807) is 0 Å². The Balaban J connectivity index is 2.64. The molecule has 0 bridgehead atoms. The lowest BCUT2D eigenvalue weighted by Gasteiger charge is -2.07. The predicted octanol–water partition coefficient (Wildman–Crippen LogP) is 4.46. The van der Waals surface area contributed by atoms with Crippen LogP contribution in [0.4, 0.5) is 0 Å². The fourth-order valence-corrected chi connectivity index (χ4v) is 2.52. The summed E-state index contributed by atoms with van der Waals surface area (Å²) in [6.07, 6.45) is 0.885. The molecular formula is C15H9ClO. The van der Waals surface area contributed by atoms with E-state index in [4.69, 9.17) is 11.6 Å². The molecule has 0 amide bonds. The largest absolute Gasteiger partial charge is 0.298 e. The van der Waals surface area contributed by atoms with Crippen LogP contribution in [0.25, 0.3) is 21.5 Å². The topological polar surface area (TPSA) is 17.1 Å². The SMILES string of the molecule is O=Cc1c2ccccc2cc2cccc(Cl)c12. The van der Waals surface area contributed by atoms with E-state index in [0.717, 1.165) is 27.8 Å². The van der Waals surface area contributed by atoms with Crippen molar-refractivity contribution >= 4 is 39.4 Å². The molecule has 2 heteroatoms. The summed E-state index contributed by atoms with van der Waals surface area (Å²) < 4.78 is 0. The second-order valence-corrected chi connectivity index (χ2v) is 4.37. The first kappa shape index (κ1) is 10.3. The monoisotopic (exact) mass is 240 g/mol. The fraction of sp³-hybridized carbons (Fsp3) is 0. The van der Waals surface area contributed by atoms with E-state index in [0.29, 0.717) is 10.6 Å². The summed E-state index contributed by atoms with van der Waals surface area (Å²) in [5.41, 5.74) is 0.670. The highest BCUT2D eigenvalue weighted by molar-refractivity contribution is 6.37. The number of hydrogen-bond donors (Lipinski definition) is 0. The lowest BCUT2D eigenvalue weighted by molar-refractivity contribution is 0.112. The smallest absolute Gasteiger partial charge is 0.151 e. The molecule has 0 saturated heterocycles. The van der Waals surface area contributed by atoms with Gasteiger partial charge in [-0.1, -0.05) is 48.0 Å². The zero-order valence-corrected chi connectivity index (χ0v) is 9.74. The fourth-order valence-electron chi connectivity index (χ4n) is 2.24. The molecule has 0 aromatic heterocycles. The molecule has 0 saturated carbocycles. The van der Waals surface area contributed by atoms with Crippen molar-refractivity contribution in [2.24, 2.45) is 0 Å². The third-order valence-electron chi connectivity index (χ3n) is 2.99. The van der Waals surface area contributed by atoms with Crippen molar-refractivity contribution in [2.75, 3.05) is 0 Å². The van der Waals surface area contributed by atoms with Gasteiger partial charge in [0, 0.05) is 16.0 Å². The number of carbonyl (C=O) groups is 1. The van der Waals surface area contributed by atoms with Crippen LogP contribution >= 0.6 is 11.6 Å². The van der Waals surface area contributed by atoms with E-state index in [1.165, 1.54) is 0 Å². The van der Waals surface area contributed by atoms with Crippen LogP contribution in [0, 0.1) is 0 Å². The second kappa shape index (κ2) is 3.86. The molecular weight excluding hydrogens is 232 g/mol. The van der Waals surface area contributed by atoms with Crippen LogP contribution in [0.1, 0.15) is 10.4 Å². The van der Waals surface area contributed by atoms with E-state index in [9.17, 15) is 4.79 Å². The lowest BCUT2D eigenvalue weighted by Crippen LogP contribution is -1.88. The van der Waals surface area contributed by atoms with Crippen LogP contribution in [0.3, 0.4) is 0 Å². The first-order valence-electron chi connectivity index (χ1n) is 5.36. The van der Waals surface area contributed by atoms with E-state index in [1.807, 2.05) is 42.5 Å². The van der Waals surface area contributed by atoms with Gasteiger partial charge in [-0.3, -0.25) is 4.79 Å².